The number of hydrogen-bond donors (Lipinski definition) is 0. The van der Waals surface area contributed by atoms with Gasteiger partial charge in [0.25, 0.3) is 0 Å². The number of hydrogen-bond acceptors (Lipinski definition) is 0. The predicted octanol–water partition coefficient (Wildman–Crippen LogP) is 10.6. The quantitative estimate of drug-likeness (QED) is 0.118. The molecule has 0 saturated carbocycles. The Morgan fingerprint density at radius 2 is 0.653 bits per heavy atom. The average Bonchev–Trinajstić information content (AvgIpc) is 3.32. The molecule has 1 aliphatic carbocycles. The molecule has 0 spiro atoms. The van der Waals surface area contributed by atoms with Crippen molar-refractivity contribution in [3.05, 3.63) is 185 Å². The highest BCUT2D eigenvalue weighted by Crippen LogP contribution is 2.47. The summed E-state index contributed by atoms with van der Waals surface area (Å²) >= 11 is 0. The molecule has 242 valence electrons. The molecular weight excluding hydrogens is 626 g/mol. The second-order valence-electron chi connectivity index (χ2n) is 13.1. The molecule has 0 radical (unpaired) electrons. The number of benzene rings is 6. The molecule has 0 unspecified atom stereocenters. The summed E-state index contributed by atoms with van der Waals surface area (Å²) in [5, 5.41) is 3.69. The fraction of sp³-hybridized carbons (Fsp3) is 0.111. The van der Waals surface area contributed by atoms with E-state index in [0.29, 0.717) is 0 Å². The van der Waals surface area contributed by atoms with E-state index in [1.165, 1.54) is 74.3 Å². The van der Waals surface area contributed by atoms with Crippen LogP contribution in [-0.4, -0.2) is 8.07 Å². The van der Waals surface area contributed by atoms with Crippen LogP contribution in [0.3, 0.4) is 0 Å². The predicted molar refractivity (Wildman–Crippen MR) is 201 cm³/mol. The van der Waals surface area contributed by atoms with E-state index in [0.717, 1.165) is 33.4 Å². The Hall–Kier alpha value is -5.19. The molecule has 0 aromatic heterocycles. The largest absolute Gasteiger partial charge is 0.207 e. The van der Waals surface area contributed by atoms with Crippen molar-refractivity contribution in [2.75, 3.05) is 0 Å². The van der Waals surface area contributed by atoms with E-state index >= 15 is 0 Å². The van der Waals surface area contributed by atoms with E-state index in [9.17, 15) is 13.2 Å². The van der Waals surface area contributed by atoms with Gasteiger partial charge in [-0.3, -0.25) is 0 Å². The third-order valence-corrected chi connectivity index (χ3v) is 15.9. The Morgan fingerprint density at radius 1 is 0.367 bits per heavy atom. The molecule has 0 saturated heterocycles. The van der Waals surface area contributed by atoms with Gasteiger partial charge in [0.15, 0.2) is 8.07 Å². The van der Waals surface area contributed by atoms with Crippen LogP contribution in [0.5, 0.6) is 0 Å². The van der Waals surface area contributed by atoms with Crippen LogP contribution in [0.15, 0.2) is 168 Å². The zero-order valence-electron chi connectivity index (χ0n) is 28.1. The molecule has 6 aromatic carbocycles. The summed E-state index contributed by atoms with van der Waals surface area (Å²) < 4.78 is 42.1. The summed E-state index contributed by atoms with van der Waals surface area (Å²) in [4.78, 5) is 0. The fourth-order valence-electron chi connectivity index (χ4n) is 7.76. The first kappa shape index (κ1) is 32.4. The zero-order chi connectivity index (χ0) is 34.3. The van der Waals surface area contributed by atoms with Gasteiger partial charge in [0.05, 0.1) is 0 Å². The molecule has 0 bridgehead atoms. The van der Waals surface area contributed by atoms with Crippen molar-refractivity contribution in [2.45, 2.75) is 33.2 Å². The highest BCUT2D eigenvalue weighted by atomic mass is 28.3. The van der Waals surface area contributed by atoms with Crippen molar-refractivity contribution < 1.29 is 13.2 Å². The molecule has 0 nitrogen and oxygen atoms in total. The van der Waals surface area contributed by atoms with E-state index in [4.69, 9.17) is 0 Å². The first-order valence-electron chi connectivity index (χ1n) is 16.6. The normalized spacial score (nSPS) is 13.8. The molecule has 4 heteroatoms. The minimum absolute atomic E-state index is 0.0999. The fourth-order valence-corrected chi connectivity index (χ4v) is 13.7. The standard InChI is InChI=1S/C45H37F3Si/c1-29-30(2)32(4)45(31(29)3)49(42-11-5-8-36(26-42)33-14-20-39(46)21-15-33,43-12-6-9-37(27-43)34-16-22-40(47)23-17-34)44-13-7-10-38(28-44)35-18-24-41(48)25-19-35/h5-28,45H,1-4H3. The number of allylic oxidation sites excluding steroid dienone is 4. The molecule has 0 atom stereocenters. The Balaban J connectivity index is 1.58. The maximum atomic E-state index is 14.0. The van der Waals surface area contributed by atoms with Crippen LogP contribution in [0.25, 0.3) is 33.4 Å². The van der Waals surface area contributed by atoms with Crippen LogP contribution in [0.4, 0.5) is 13.2 Å². The Morgan fingerprint density at radius 3 is 0.939 bits per heavy atom. The first-order valence-corrected chi connectivity index (χ1v) is 18.7. The Bertz CT molecular complexity index is 1990. The van der Waals surface area contributed by atoms with Crippen LogP contribution < -0.4 is 15.6 Å². The van der Waals surface area contributed by atoms with Crippen molar-refractivity contribution >= 4 is 23.6 Å². The summed E-state index contributed by atoms with van der Waals surface area (Å²) in [5.74, 6) is -0.799. The zero-order valence-corrected chi connectivity index (χ0v) is 29.1. The van der Waals surface area contributed by atoms with Gasteiger partial charge in [0.2, 0.25) is 0 Å². The summed E-state index contributed by atoms with van der Waals surface area (Å²) in [6, 6.07) is 46.4. The first-order chi connectivity index (χ1) is 23.7. The average molecular weight is 663 g/mol. The van der Waals surface area contributed by atoms with Crippen LogP contribution in [-0.2, 0) is 0 Å². The van der Waals surface area contributed by atoms with Crippen molar-refractivity contribution in [1.82, 2.24) is 0 Å². The van der Waals surface area contributed by atoms with Gasteiger partial charge < -0.3 is 0 Å². The van der Waals surface area contributed by atoms with Crippen LogP contribution in [0.2, 0.25) is 5.54 Å². The van der Waals surface area contributed by atoms with E-state index in [2.05, 4.69) is 100 Å². The Kier molecular flexibility index (Phi) is 8.60. The minimum Gasteiger partial charge on any atom is -0.207 e. The van der Waals surface area contributed by atoms with Crippen LogP contribution >= 0.6 is 0 Å². The molecule has 0 aliphatic heterocycles. The lowest BCUT2D eigenvalue weighted by molar-refractivity contribution is 0.627. The van der Waals surface area contributed by atoms with Gasteiger partial charge in [0, 0.05) is 5.54 Å². The maximum Gasteiger partial charge on any atom is 0.159 e. The molecule has 0 amide bonds. The Labute approximate surface area is 287 Å². The van der Waals surface area contributed by atoms with Crippen LogP contribution in [0, 0.1) is 17.5 Å². The summed E-state index contributed by atoms with van der Waals surface area (Å²) in [5.41, 5.74) is 11.4. The molecule has 0 heterocycles. The maximum absolute atomic E-state index is 14.0. The van der Waals surface area contributed by atoms with Crippen molar-refractivity contribution in [1.29, 1.82) is 0 Å². The van der Waals surface area contributed by atoms with Gasteiger partial charge in [-0.2, -0.15) is 0 Å². The highest BCUT2D eigenvalue weighted by molar-refractivity contribution is 7.13. The lowest BCUT2D eigenvalue weighted by Crippen LogP contribution is -2.70. The van der Waals surface area contributed by atoms with Gasteiger partial charge in [-0.15, -0.1) is 0 Å². The molecule has 7 rings (SSSR count). The smallest absolute Gasteiger partial charge is 0.159 e. The molecule has 0 fully saturated rings. The van der Waals surface area contributed by atoms with Gasteiger partial charge in [-0.1, -0.05) is 120 Å². The van der Waals surface area contributed by atoms with Crippen molar-refractivity contribution in [3.8, 4) is 33.4 Å². The lowest BCUT2D eigenvalue weighted by atomic mass is 10.1. The second kappa shape index (κ2) is 13.0. The SMILES string of the molecule is CC1=C(C)C([Si](c2cccc(-c3ccc(F)cc3)c2)(c2cccc(-c3ccc(F)cc3)c2)c2cccc(-c3ccc(F)cc3)c2)C(C)=C1C. The molecular formula is C45H37F3Si. The van der Waals surface area contributed by atoms with Gasteiger partial charge in [-0.25, -0.2) is 13.2 Å². The molecule has 49 heavy (non-hydrogen) atoms. The lowest BCUT2D eigenvalue weighted by Gasteiger charge is -2.41. The van der Waals surface area contributed by atoms with E-state index in [1.54, 1.807) is 0 Å². The van der Waals surface area contributed by atoms with Crippen LogP contribution in [0.1, 0.15) is 27.7 Å². The third-order valence-electron chi connectivity index (χ3n) is 10.5. The van der Waals surface area contributed by atoms with Crippen molar-refractivity contribution in [3.63, 3.8) is 0 Å². The van der Waals surface area contributed by atoms with Gasteiger partial charge in [-0.05, 0) is 124 Å². The van der Waals surface area contributed by atoms with E-state index in [-0.39, 0.29) is 23.0 Å². The third kappa shape index (κ3) is 5.81. The topological polar surface area (TPSA) is 0 Å². The second-order valence-corrected chi connectivity index (χ2v) is 17.0. The van der Waals surface area contributed by atoms with E-state index in [1.807, 2.05) is 36.4 Å². The van der Waals surface area contributed by atoms with Gasteiger partial charge >= 0.3 is 0 Å². The minimum atomic E-state index is -3.06. The number of rotatable bonds is 7. The van der Waals surface area contributed by atoms with Crippen molar-refractivity contribution in [2.24, 2.45) is 0 Å². The summed E-state index contributed by atoms with van der Waals surface area (Å²) in [6.45, 7) is 9.01. The summed E-state index contributed by atoms with van der Waals surface area (Å²) in [7, 11) is -3.06. The molecule has 6 aromatic rings. The summed E-state index contributed by atoms with van der Waals surface area (Å²) in [6.07, 6.45) is 0. The number of halogens is 3. The van der Waals surface area contributed by atoms with E-state index < -0.39 is 8.07 Å². The molecule has 0 N–H and O–H groups in total. The highest BCUT2D eigenvalue weighted by Gasteiger charge is 2.50. The monoisotopic (exact) mass is 662 g/mol. The van der Waals surface area contributed by atoms with Gasteiger partial charge in [0.1, 0.15) is 17.5 Å². The molecule has 1 aliphatic rings.